The van der Waals surface area contributed by atoms with Crippen LogP contribution in [0.25, 0.3) is 0 Å². The van der Waals surface area contributed by atoms with Crippen molar-refractivity contribution in [2.75, 3.05) is 19.0 Å². The summed E-state index contributed by atoms with van der Waals surface area (Å²) in [6.45, 7) is 4.96. The first-order valence-corrected chi connectivity index (χ1v) is 6.54. The topological polar surface area (TPSA) is 56.1 Å². The molecule has 5 heteroatoms. The molecule has 0 spiro atoms. The van der Waals surface area contributed by atoms with Crippen LogP contribution in [0.5, 0.6) is 6.01 Å². The SMILES string of the molecule is COc1nc(C)cc(=O)n1CCNc1ccccc1C. The molecule has 0 fully saturated rings. The van der Waals surface area contributed by atoms with Crippen molar-refractivity contribution < 1.29 is 4.74 Å². The molecule has 0 amide bonds. The molecule has 5 nitrogen and oxygen atoms in total. The van der Waals surface area contributed by atoms with E-state index in [4.69, 9.17) is 4.74 Å². The number of anilines is 1. The van der Waals surface area contributed by atoms with Crippen molar-refractivity contribution in [2.45, 2.75) is 20.4 Å². The molecule has 0 bridgehead atoms. The second kappa shape index (κ2) is 6.23. The van der Waals surface area contributed by atoms with Crippen LogP contribution in [0.4, 0.5) is 5.69 Å². The number of para-hydroxylation sites is 1. The normalized spacial score (nSPS) is 10.3. The Bertz CT molecular complexity index is 650. The van der Waals surface area contributed by atoms with E-state index in [9.17, 15) is 4.79 Å². The molecule has 0 aliphatic heterocycles. The Morgan fingerprint density at radius 2 is 2.05 bits per heavy atom. The number of rotatable bonds is 5. The smallest absolute Gasteiger partial charge is 0.299 e. The minimum absolute atomic E-state index is 0.0964. The lowest BCUT2D eigenvalue weighted by molar-refractivity contribution is 0.346. The fraction of sp³-hybridized carbons (Fsp3) is 0.333. The fourth-order valence-corrected chi connectivity index (χ4v) is 2.03. The maximum Gasteiger partial charge on any atom is 0.299 e. The van der Waals surface area contributed by atoms with Crippen LogP contribution in [-0.4, -0.2) is 23.2 Å². The van der Waals surface area contributed by atoms with Gasteiger partial charge in [-0.2, -0.15) is 0 Å². The summed E-state index contributed by atoms with van der Waals surface area (Å²) >= 11 is 0. The third-order valence-corrected chi connectivity index (χ3v) is 3.08. The minimum Gasteiger partial charge on any atom is -0.468 e. The number of ether oxygens (including phenoxy) is 1. The molecule has 0 radical (unpaired) electrons. The Morgan fingerprint density at radius 1 is 1.30 bits per heavy atom. The standard InChI is InChI=1S/C15H19N3O2/c1-11-6-4-5-7-13(11)16-8-9-18-14(19)10-12(2)17-15(18)20-3/h4-7,10,16H,8-9H2,1-3H3. The van der Waals surface area contributed by atoms with E-state index in [1.54, 1.807) is 6.92 Å². The molecule has 1 heterocycles. The lowest BCUT2D eigenvalue weighted by Crippen LogP contribution is -2.26. The molecule has 1 aromatic carbocycles. The number of aromatic nitrogens is 2. The molecule has 0 atom stereocenters. The fourth-order valence-electron chi connectivity index (χ4n) is 2.03. The van der Waals surface area contributed by atoms with Crippen LogP contribution in [0, 0.1) is 13.8 Å². The van der Waals surface area contributed by atoms with Crippen molar-refractivity contribution in [3.05, 3.63) is 51.9 Å². The summed E-state index contributed by atoms with van der Waals surface area (Å²) in [5, 5.41) is 3.31. The third-order valence-electron chi connectivity index (χ3n) is 3.08. The molecule has 1 aromatic heterocycles. The highest BCUT2D eigenvalue weighted by molar-refractivity contribution is 5.50. The summed E-state index contributed by atoms with van der Waals surface area (Å²) in [7, 11) is 1.52. The number of aryl methyl sites for hydroxylation is 2. The predicted molar refractivity (Wildman–Crippen MR) is 79.5 cm³/mol. The molecule has 0 unspecified atom stereocenters. The van der Waals surface area contributed by atoms with E-state index in [0.29, 0.717) is 24.8 Å². The quantitative estimate of drug-likeness (QED) is 0.905. The van der Waals surface area contributed by atoms with Crippen LogP contribution in [0.1, 0.15) is 11.3 Å². The zero-order valence-electron chi connectivity index (χ0n) is 12.0. The van der Waals surface area contributed by atoms with Crippen molar-refractivity contribution >= 4 is 5.69 Å². The molecular formula is C15H19N3O2. The molecule has 0 aliphatic rings. The van der Waals surface area contributed by atoms with E-state index in [2.05, 4.69) is 10.3 Å². The first-order chi connectivity index (χ1) is 9.61. The second-order valence-corrected chi connectivity index (χ2v) is 4.62. The van der Waals surface area contributed by atoms with Crippen LogP contribution in [0.3, 0.4) is 0 Å². The largest absolute Gasteiger partial charge is 0.468 e. The van der Waals surface area contributed by atoms with Crippen molar-refractivity contribution in [3.8, 4) is 6.01 Å². The van der Waals surface area contributed by atoms with Crippen LogP contribution < -0.4 is 15.6 Å². The molecule has 106 valence electrons. The molecule has 20 heavy (non-hydrogen) atoms. The highest BCUT2D eigenvalue weighted by atomic mass is 16.5. The van der Waals surface area contributed by atoms with Crippen LogP contribution in [-0.2, 0) is 6.54 Å². The molecule has 1 N–H and O–H groups in total. The van der Waals surface area contributed by atoms with Gasteiger partial charge in [0.05, 0.1) is 7.11 Å². The van der Waals surface area contributed by atoms with E-state index >= 15 is 0 Å². The Balaban J connectivity index is 2.08. The monoisotopic (exact) mass is 273 g/mol. The van der Waals surface area contributed by atoms with Gasteiger partial charge in [0.2, 0.25) is 0 Å². The second-order valence-electron chi connectivity index (χ2n) is 4.62. The van der Waals surface area contributed by atoms with Gasteiger partial charge < -0.3 is 10.1 Å². The maximum absolute atomic E-state index is 11.9. The minimum atomic E-state index is -0.0964. The molecule has 2 rings (SSSR count). The van der Waals surface area contributed by atoms with Gasteiger partial charge in [-0.1, -0.05) is 18.2 Å². The van der Waals surface area contributed by atoms with Gasteiger partial charge in [-0.15, -0.1) is 0 Å². The van der Waals surface area contributed by atoms with Gasteiger partial charge >= 0.3 is 0 Å². The van der Waals surface area contributed by atoms with Gasteiger partial charge in [0, 0.05) is 30.5 Å². The van der Waals surface area contributed by atoms with Gasteiger partial charge in [-0.3, -0.25) is 9.36 Å². The first kappa shape index (κ1) is 14.1. The van der Waals surface area contributed by atoms with Crippen molar-refractivity contribution in [2.24, 2.45) is 0 Å². The number of nitrogens with zero attached hydrogens (tertiary/aromatic N) is 2. The summed E-state index contributed by atoms with van der Waals surface area (Å²) in [6.07, 6.45) is 0. The van der Waals surface area contributed by atoms with Crippen molar-refractivity contribution in [1.29, 1.82) is 0 Å². The number of hydrogen-bond acceptors (Lipinski definition) is 4. The number of benzene rings is 1. The van der Waals surface area contributed by atoms with Gasteiger partial charge in [0.15, 0.2) is 0 Å². The lowest BCUT2D eigenvalue weighted by Gasteiger charge is -2.13. The highest BCUT2D eigenvalue weighted by Crippen LogP contribution is 2.12. The number of methoxy groups -OCH3 is 1. The van der Waals surface area contributed by atoms with Crippen LogP contribution in [0.15, 0.2) is 35.1 Å². The number of nitrogens with one attached hydrogen (secondary N) is 1. The maximum atomic E-state index is 11.9. The van der Waals surface area contributed by atoms with Gasteiger partial charge in [0.25, 0.3) is 11.6 Å². The third kappa shape index (κ3) is 3.17. The molecule has 0 aliphatic carbocycles. The van der Waals surface area contributed by atoms with Crippen molar-refractivity contribution in [3.63, 3.8) is 0 Å². The summed E-state index contributed by atoms with van der Waals surface area (Å²) in [6, 6.07) is 9.90. The summed E-state index contributed by atoms with van der Waals surface area (Å²) in [5.41, 5.74) is 2.81. The summed E-state index contributed by atoms with van der Waals surface area (Å²) in [5.74, 6) is 0. The Kier molecular flexibility index (Phi) is 4.40. The number of hydrogen-bond donors (Lipinski definition) is 1. The molecule has 2 aromatic rings. The average Bonchev–Trinajstić information content (AvgIpc) is 2.42. The average molecular weight is 273 g/mol. The molecule has 0 saturated carbocycles. The van der Waals surface area contributed by atoms with Gasteiger partial charge in [0.1, 0.15) is 0 Å². The van der Waals surface area contributed by atoms with Gasteiger partial charge in [-0.05, 0) is 25.5 Å². The summed E-state index contributed by atoms with van der Waals surface area (Å²) in [4.78, 5) is 16.2. The zero-order chi connectivity index (χ0) is 14.5. The van der Waals surface area contributed by atoms with Gasteiger partial charge in [-0.25, -0.2) is 4.98 Å². The Hall–Kier alpha value is -2.30. The first-order valence-electron chi connectivity index (χ1n) is 6.54. The van der Waals surface area contributed by atoms with E-state index < -0.39 is 0 Å². The Morgan fingerprint density at radius 3 is 2.75 bits per heavy atom. The predicted octanol–water partition coefficient (Wildman–Crippen LogP) is 1.98. The zero-order valence-corrected chi connectivity index (χ0v) is 12.0. The molecule has 0 saturated heterocycles. The van der Waals surface area contributed by atoms with Crippen LogP contribution in [0.2, 0.25) is 0 Å². The van der Waals surface area contributed by atoms with E-state index in [1.807, 2.05) is 31.2 Å². The Labute approximate surface area is 118 Å². The van der Waals surface area contributed by atoms with Crippen LogP contribution >= 0.6 is 0 Å². The highest BCUT2D eigenvalue weighted by Gasteiger charge is 2.07. The van der Waals surface area contributed by atoms with E-state index in [-0.39, 0.29) is 5.56 Å². The summed E-state index contributed by atoms with van der Waals surface area (Å²) < 4.78 is 6.68. The van der Waals surface area contributed by atoms with E-state index in [0.717, 1.165) is 5.69 Å². The van der Waals surface area contributed by atoms with Crippen molar-refractivity contribution in [1.82, 2.24) is 9.55 Å². The lowest BCUT2D eigenvalue weighted by atomic mass is 10.2. The van der Waals surface area contributed by atoms with E-state index in [1.165, 1.54) is 23.3 Å². The molecular weight excluding hydrogens is 254 g/mol.